The minimum absolute atomic E-state index is 0.330. The van der Waals surface area contributed by atoms with E-state index in [-0.39, 0.29) is 0 Å². The van der Waals surface area contributed by atoms with Crippen molar-refractivity contribution in [1.29, 1.82) is 0 Å². The van der Waals surface area contributed by atoms with Crippen LogP contribution in [0.15, 0.2) is 22.8 Å². The van der Waals surface area contributed by atoms with Crippen LogP contribution in [0.1, 0.15) is 54.9 Å². The van der Waals surface area contributed by atoms with Gasteiger partial charge in [0.15, 0.2) is 0 Å². The Hall–Kier alpha value is -1.58. The topological polar surface area (TPSA) is 74.6 Å². The highest BCUT2D eigenvalue weighted by Crippen LogP contribution is 2.13. The van der Waals surface area contributed by atoms with Crippen LogP contribution in [0.4, 0.5) is 0 Å². The van der Waals surface area contributed by atoms with Crippen LogP contribution < -0.4 is 0 Å². The third-order valence-electron chi connectivity index (χ3n) is 3.03. The van der Waals surface area contributed by atoms with Gasteiger partial charge < -0.3 is 10.2 Å². The van der Waals surface area contributed by atoms with E-state index >= 15 is 0 Å². The summed E-state index contributed by atoms with van der Waals surface area (Å²) in [4.78, 5) is 20.8. The number of allylic oxidation sites excluding steroid dienone is 2. The molecule has 20 heavy (non-hydrogen) atoms. The van der Waals surface area contributed by atoms with Crippen LogP contribution in [-0.4, -0.2) is 22.2 Å². The van der Waals surface area contributed by atoms with Crippen molar-refractivity contribution in [3.05, 3.63) is 22.8 Å². The van der Waals surface area contributed by atoms with Gasteiger partial charge in [0, 0.05) is 11.1 Å². The van der Waals surface area contributed by atoms with E-state index in [4.69, 9.17) is 10.2 Å². The predicted octanol–water partition coefficient (Wildman–Crippen LogP) is 4.13. The van der Waals surface area contributed by atoms with Gasteiger partial charge in [0.1, 0.15) is 0 Å². The van der Waals surface area contributed by atoms with E-state index in [0.29, 0.717) is 29.4 Å². The molecule has 0 aliphatic carbocycles. The zero-order chi connectivity index (χ0) is 16.5. The van der Waals surface area contributed by atoms with Crippen LogP contribution in [-0.2, 0) is 9.59 Å². The fourth-order valence-corrected chi connectivity index (χ4v) is 1.37. The fraction of sp³-hybridized carbons (Fsp3) is 0.625. The van der Waals surface area contributed by atoms with Gasteiger partial charge in [0.25, 0.3) is 0 Å². The molecule has 0 spiro atoms. The third-order valence-corrected chi connectivity index (χ3v) is 3.03. The van der Waals surface area contributed by atoms with E-state index in [1.54, 1.807) is 19.9 Å². The van der Waals surface area contributed by atoms with Crippen molar-refractivity contribution in [2.24, 2.45) is 11.8 Å². The van der Waals surface area contributed by atoms with E-state index in [1.807, 2.05) is 34.6 Å². The summed E-state index contributed by atoms with van der Waals surface area (Å²) < 4.78 is 0. The molecule has 0 rings (SSSR count). The average Bonchev–Trinajstić information content (AvgIpc) is 2.33. The summed E-state index contributed by atoms with van der Waals surface area (Å²) >= 11 is 0. The molecule has 4 heteroatoms. The van der Waals surface area contributed by atoms with Crippen molar-refractivity contribution in [2.75, 3.05) is 0 Å². The quantitative estimate of drug-likeness (QED) is 0.744. The second-order valence-corrected chi connectivity index (χ2v) is 5.48. The third kappa shape index (κ3) is 9.36. The van der Waals surface area contributed by atoms with Gasteiger partial charge in [-0.05, 0) is 39.0 Å². The van der Waals surface area contributed by atoms with Gasteiger partial charge in [-0.3, -0.25) is 0 Å². The largest absolute Gasteiger partial charge is 0.478 e. The molecule has 0 amide bonds. The molecule has 0 saturated carbocycles. The second kappa shape index (κ2) is 10.2. The molecule has 0 unspecified atom stereocenters. The average molecular weight is 284 g/mol. The van der Waals surface area contributed by atoms with Crippen molar-refractivity contribution in [2.45, 2.75) is 54.9 Å². The van der Waals surface area contributed by atoms with Crippen molar-refractivity contribution in [3.8, 4) is 0 Å². The van der Waals surface area contributed by atoms with Crippen LogP contribution >= 0.6 is 0 Å². The maximum atomic E-state index is 10.4. The van der Waals surface area contributed by atoms with E-state index in [1.165, 1.54) is 0 Å². The molecule has 0 aromatic carbocycles. The van der Waals surface area contributed by atoms with Crippen molar-refractivity contribution < 1.29 is 19.8 Å². The van der Waals surface area contributed by atoms with Gasteiger partial charge in [-0.15, -0.1) is 0 Å². The summed E-state index contributed by atoms with van der Waals surface area (Å²) in [6.45, 7) is 13.2. The molecule has 0 fully saturated rings. The lowest BCUT2D eigenvalue weighted by molar-refractivity contribution is -0.133. The van der Waals surface area contributed by atoms with E-state index in [0.717, 1.165) is 5.57 Å². The summed E-state index contributed by atoms with van der Waals surface area (Å²) in [7, 11) is 0. The highest BCUT2D eigenvalue weighted by Gasteiger charge is 2.07. The minimum Gasteiger partial charge on any atom is -0.478 e. The first-order chi connectivity index (χ1) is 9.04. The predicted molar refractivity (Wildman–Crippen MR) is 81.7 cm³/mol. The van der Waals surface area contributed by atoms with Gasteiger partial charge in [0.2, 0.25) is 0 Å². The number of hydrogen-bond acceptors (Lipinski definition) is 2. The second-order valence-electron chi connectivity index (χ2n) is 5.48. The normalized spacial score (nSPS) is 12.8. The molecule has 2 N–H and O–H groups in total. The zero-order valence-electron chi connectivity index (χ0n) is 13.7. The number of aliphatic carboxylic acids is 2. The molecule has 0 bridgehead atoms. The first kappa shape index (κ1) is 20.7. The molecule has 0 aliphatic rings. The smallest absolute Gasteiger partial charge is 0.331 e. The Kier molecular flexibility index (Phi) is 10.6. The Labute approximate surface area is 122 Å². The molecular weight excluding hydrogens is 256 g/mol. The maximum Gasteiger partial charge on any atom is 0.331 e. The molecule has 0 aliphatic heterocycles. The number of hydrogen-bond donors (Lipinski definition) is 2. The van der Waals surface area contributed by atoms with Crippen LogP contribution in [0.5, 0.6) is 0 Å². The molecule has 0 aromatic rings. The molecule has 116 valence electrons. The molecule has 0 aromatic heterocycles. The monoisotopic (exact) mass is 284 g/mol. The lowest BCUT2D eigenvalue weighted by atomic mass is 10.0. The van der Waals surface area contributed by atoms with Crippen molar-refractivity contribution in [3.63, 3.8) is 0 Å². The summed E-state index contributed by atoms with van der Waals surface area (Å²) in [5.74, 6) is -0.860. The van der Waals surface area contributed by atoms with Crippen LogP contribution in [0.2, 0.25) is 0 Å². The lowest BCUT2D eigenvalue weighted by Gasteiger charge is -2.06. The standard InChI is InChI=1S/2C8H14O2/c1-5(2)6(3)7(4)8(9)10;1-4-7(8(9)10)5-6(2)3/h5H,1-4H3,(H,9,10);4,6H,5H2,1-3H3,(H,9,10). The summed E-state index contributed by atoms with van der Waals surface area (Å²) in [5.41, 5.74) is 1.93. The molecule has 0 radical (unpaired) electrons. The number of carbonyl (C=O) groups is 2. The Bertz CT molecular complexity index is 387. The zero-order valence-corrected chi connectivity index (χ0v) is 13.7. The number of rotatable bonds is 5. The highest BCUT2D eigenvalue weighted by atomic mass is 16.4. The van der Waals surface area contributed by atoms with Gasteiger partial charge in [-0.25, -0.2) is 9.59 Å². The summed E-state index contributed by atoms with van der Waals surface area (Å²) in [6, 6.07) is 0. The van der Waals surface area contributed by atoms with Gasteiger partial charge in [0.05, 0.1) is 0 Å². The molecule has 0 saturated heterocycles. The highest BCUT2D eigenvalue weighted by molar-refractivity contribution is 5.87. The van der Waals surface area contributed by atoms with Crippen molar-refractivity contribution in [1.82, 2.24) is 0 Å². The molecule has 0 atom stereocenters. The molecular formula is C16H28O4. The first-order valence-corrected chi connectivity index (χ1v) is 6.83. The van der Waals surface area contributed by atoms with Gasteiger partial charge in [-0.2, -0.15) is 0 Å². The van der Waals surface area contributed by atoms with E-state index in [9.17, 15) is 9.59 Å². The van der Waals surface area contributed by atoms with Crippen LogP contribution in [0.3, 0.4) is 0 Å². The number of carboxylic acids is 2. The van der Waals surface area contributed by atoms with Crippen molar-refractivity contribution >= 4 is 11.9 Å². The SMILES string of the molecule is CC(C(=O)O)=C(C)C(C)C.CC=C(CC(C)C)C(=O)O. The Balaban J connectivity index is 0. The Morgan fingerprint density at radius 2 is 1.45 bits per heavy atom. The first-order valence-electron chi connectivity index (χ1n) is 6.83. The number of carboxylic acid groups (broad SMARTS) is 2. The Morgan fingerprint density at radius 3 is 1.55 bits per heavy atom. The molecule has 0 heterocycles. The van der Waals surface area contributed by atoms with Crippen LogP contribution in [0, 0.1) is 11.8 Å². The molecule has 4 nitrogen and oxygen atoms in total. The van der Waals surface area contributed by atoms with E-state index in [2.05, 4.69) is 0 Å². The van der Waals surface area contributed by atoms with Gasteiger partial charge in [-0.1, -0.05) is 39.3 Å². The van der Waals surface area contributed by atoms with E-state index < -0.39 is 11.9 Å². The summed E-state index contributed by atoms with van der Waals surface area (Å²) in [6.07, 6.45) is 2.31. The van der Waals surface area contributed by atoms with Gasteiger partial charge >= 0.3 is 11.9 Å². The maximum absolute atomic E-state index is 10.4. The summed E-state index contributed by atoms with van der Waals surface area (Å²) in [5, 5.41) is 17.1. The van der Waals surface area contributed by atoms with Crippen LogP contribution in [0.25, 0.3) is 0 Å². The Morgan fingerprint density at radius 1 is 1.00 bits per heavy atom. The lowest BCUT2D eigenvalue weighted by Crippen LogP contribution is -2.03. The minimum atomic E-state index is -0.814. The fourth-order valence-electron chi connectivity index (χ4n) is 1.37.